The van der Waals surface area contributed by atoms with Gasteiger partial charge in [-0.25, -0.2) is 9.97 Å². The summed E-state index contributed by atoms with van der Waals surface area (Å²) in [7, 11) is 0. The van der Waals surface area contributed by atoms with Gasteiger partial charge in [-0.3, -0.25) is 9.59 Å². The molecule has 1 unspecified atom stereocenters. The second kappa shape index (κ2) is 8.62. The van der Waals surface area contributed by atoms with Gasteiger partial charge >= 0.3 is 5.97 Å². The number of carboxylic acids is 1. The Labute approximate surface area is 171 Å². The van der Waals surface area contributed by atoms with Crippen LogP contribution in [0.3, 0.4) is 0 Å². The van der Waals surface area contributed by atoms with E-state index in [2.05, 4.69) is 9.97 Å². The summed E-state index contributed by atoms with van der Waals surface area (Å²) in [6.07, 6.45) is 2.91. The summed E-state index contributed by atoms with van der Waals surface area (Å²) in [5.74, 6) is -0.144. The number of ether oxygens (including phenoxy) is 2. The smallest absolute Gasteiger partial charge is 0.305 e. The zero-order valence-electron chi connectivity index (χ0n) is 14.9. The van der Waals surface area contributed by atoms with E-state index in [0.29, 0.717) is 34.5 Å². The third-order valence-electron chi connectivity index (χ3n) is 4.07. The van der Waals surface area contributed by atoms with Crippen molar-refractivity contribution in [3.63, 3.8) is 0 Å². The van der Waals surface area contributed by atoms with Crippen molar-refractivity contribution in [2.45, 2.75) is 25.9 Å². The monoisotopic (exact) mass is 425 g/mol. The Morgan fingerprint density at radius 1 is 1.36 bits per heavy atom. The molecule has 2 aromatic rings. The molecule has 1 aliphatic heterocycles. The number of aliphatic carboxylic acids is 1. The van der Waals surface area contributed by atoms with Crippen molar-refractivity contribution >= 4 is 40.8 Å². The van der Waals surface area contributed by atoms with Crippen molar-refractivity contribution < 1.29 is 24.2 Å². The molecule has 0 spiro atoms. The normalized spacial score (nSPS) is 14.2. The third kappa shape index (κ3) is 4.45. The van der Waals surface area contributed by atoms with Crippen molar-refractivity contribution in [3.05, 3.63) is 40.4 Å². The van der Waals surface area contributed by atoms with E-state index >= 15 is 0 Å². The van der Waals surface area contributed by atoms with Crippen LogP contribution < -0.4 is 14.4 Å². The highest BCUT2D eigenvalue weighted by Crippen LogP contribution is 2.41. The largest absolute Gasteiger partial charge is 0.481 e. The first-order valence-electron chi connectivity index (χ1n) is 8.51. The molecule has 1 aliphatic rings. The zero-order chi connectivity index (χ0) is 20.3. The van der Waals surface area contributed by atoms with Crippen LogP contribution in [0.5, 0.6) is 11.5 Å². The number of rotatable bonds is 7. The van der Waals surface area contributed by atoms with Crippen LogP contribution in [0.1, 0.15) is 31.7 Å². The maximum absolute atomic E-state index is 12.1. The van der Waals surface area contributed by atoms with Crippen LogP contribution in [0.15, 0.2) is 24.5 Å². The number of fused-ring (bicyclic) bond motifs is 1. The van der Waals surface area contributed by atoms with Gasteiger partial charge in [-0.05, 0) is 12.5 Å². The van der Waals surface area contributed by atoms with Crippen LogP contribution in [-0.4, -0.2) is 40.1 Å². The predicted molar refractivity (Wildman–Crippen MR) is 102 cm³/mol. The van der Waals surface area contributed by atoms with Gasteiger partial charge < -0.3 is 19.5 Å². The van der Waals surface area contributed by atoms with Crippen LogP contribution in [0, 0.1) is 0 Å². The van der Waals surface area contributed by atoms with Gasteiger partial charge in [0.1, 0.15) is 11.5 Å². The van der Waals surface area contributed by atoms with Gasteiger partial charge in [0.15, 0.2) is 18.5 Å². The van der Waals surface area contributed by atoms with Crippen LogP contribution in [0.25, 0.3) is 0 Å². The Bertz CT molecular complexity index is 892. The second-order valence-electron chi connectivity index (χ2n) is 6.00. The molecule has 0 bridgehead atoms. The molecule has 0 fully saturated rings. The van der Waals surface area contributed by atoms with Gasteiger partial charge in [-0.1, -0.05) is 30.1 Å². The average molecular weight is 426 g/mol. The highest BCUT2D eigenvalue weighted by Gasteiger charge is 2.28. The molecule has 8 nitrogen and oxygen atoms in total. The molecular weight excluding hydrogens is 409 g/mol. The van der Waals surface area contributed by atoms with E-state index in [9.17, 15) is 9.59 Å². The van der Waals surface area contributed by atoms with Gasteiger partial charge in [-0.2, -0.15) is 0 Å². The number of halogens is 2. The molecule has 148 valence electrons. The number of carboxylic acid groups (broad SMARTS) is 1. The third-order valence-corrected chi connectivity index (χ3v) is 4.56. The molecule has 0 saturated heterocycles. The number of carbonyl (C=O) groups excluding carboxylic acids is 1. The van der Waals surface area contributed by atoms with Crippen molar-refractivity contribution in [1.82, 2.24) is 9.97 Å². The standard InChI is InChI=1S/C18H17Cl2N3O5/c1-2-13(18-21-7-10(19)8-22-18)28-14-6-15-12(5-11(14)20)23(4-3-17(25)26)16(24)9-27-15/h5-8,13H,2-4,9H2,1H3,(H,25,26). The highest BCUT2D eigenvalue weighted by atomic mass is 35.5. The van der Waals surface area contributed by atoms with Crippen molar-refractivity contribution in [2.75, 3.05) is 18.1 Å². The molecule has 1 atom stereocenters. The lowest BCUT2D eigenvalue weighted by atomic mass is 10.2. The number of hydrogen-bond donors (Lipinski definition) is 1. The first kappa shape index (κ1) is 20.2. The quantitative estimate of drug-likeness (QED) is 0.723. The summed E-state index contributed by atoms with van der Waals surface area (Å²) in [6, 6.07) is 3.11. The molecule has 2 heterocycles. The van der Waals surface area contributed by atoms with Gasteiger partial charge in [-0.15, -0.1) is 0 Å². The van der Waals surface area contributed by atoms with Crippen molar-refractivity contribution in [3.8, 4) is 11.5 Å². The first-order valence-corrected chi connectivity index (χ1v) is 9.27. The Hall–Kier alpha value is -2.58. The van der Waals surface area contributed by atoms with Crippen LogP contribution in [0.4, 0.5) is 5.69 Å². The molecule has 0 saturated carbocycles. The van der Waals surface area contributed by atoms with E-state index in [4.69, 9.17) is 37.8 Å². The van der Waals surface area contributed by atoms with Gasteiger partial charge in [0.25, 0.3) is 5.91 Å². The second-order valence-corrected chi connectivity index (χ2v) is 6.85. The van der Waals surface area contributed by atoms with Gasteiger partial charge in [0.2, 0.25) is 0 Å². The van der Waals surface area contributed by atoms with Crippen LogP contribution in [0.2, 0.25) is 10.0 Å². The minimum atomic E-state index is -0.999. The SMILES string of the molecule is CCC(Oc1cc2c(cc1Cl)N(CCC(=O)O)C(=O)CO2)c1ncc(Cl)cn1. The fourth-order valence-corrected chi connectivity index (χ4v) is 3.01. The molecule has 1 aromatic heterocycles. The summed E-state index contributed by atoms with van der Waals surface area (Å²) < 4.78 is 11.4. The number of hydrogen-bond acceptors (Lipinski definition) is 6. The topological polar surface area (TPSA) is 102 Å². The molecule has 1 aromatic carbocycles. The fourth-order valence-electron chi connectivity index (χ4n) is 2.71. The Kier molecular flexibility index (Phi) is 6.21. The molecular formula is C18H17Cl2N3O5. The highest BCUT2D eigenvalue weighted by molar-refractivity contribution is 6.32. The molecule has 28 heavy (non-hydrogen) atoms. The lowest BCUT2D eigenvalue weighted by Gasteiger charge is -2.30. The molecule has 3 rings (SSSR count). The summed E-state index contributed by atoms with van der Waals surface area (Å²) in [5.41, 5.74) is 0.408. The minimum Gasteiger partial charge on any atom is -0.481 e. The Morgan fingerprint density at radius 2 is 2.07 bits per heavy atom. The Morgan fingerprint density at radius 3 is 2.71 bits per heavy atom. The van der Waals surface area contributed by atoms with E-state index in [-0.39, 0.29) is 30.5 Å². The maximum Gasteiger partial charge on any atom is 0.305 e. The summed E-state index contributed by atoms with van der Waals surface area (Å²) in [6.45, 7) is 1.75. The van der Waals surface area contributed by atoms with E-state index in [0.717, 1.165) is 0 Å². The Balaban J connectivity index is 1.86. The minimum absolute atomic E-state index is 0.0251. The lowest BCUT2D eigenvalue weighted by molar-refractivity contribution is -0.136. The van der Waals surface area contributed by atoms with E-state index in [1.54, 1.807) is 6.07 Å². The molecule has 0 radical (unpaired) electrons. The average Bonchev–Trinajstić information content (AvgIpc) is 2.66. The number of anilines is 1. The molecule has 1 amide bonds. The van der Waals surface area contributed by atoms with E-state index in [1.165, 1.54) is 23.4 Å². The fraction of sp³-hybridized carbons (Fsp3) is 0.333. The number of amides is 1. The predicted octanol–water partition coefficient (Wildman–Crippen LogP) is 3.51. The summed E-state index contributed by atoms with van der Waals surface area (Å²) in [4.78, 5) is 32.7. The molecule has 0 aliphatic carbocycles. The van der Waals surface area contributed by atoms with Gasteiger partial charge in [0, 0.05) is 25.0 Å². The van der Waals surface area contributed by atoms with Crippen molar-refractivity contribution in [1.29, 1.82) is 0 Å². The molecule has 10 heteroatoms. The van der Waals surface area contributed by atoms with Gasteiger partial charge in [0.05, 0.1) is 22.2 Å². The first-order chi connectivity index (χ1) is 13.4. The number of aromatic nitrogens is 2. The number of carbonyl (C=O) groups is 2. The van der Waals surface area contributed by atoms with E-state index in [1.807, 2.05) is 6.92 Å². The summed E-state index contributed by atoms with van der Waals surface area (Å²) >= 11 is 12.2. The lowest BCUT2D eigenvalue weighted by Crippen LogP contribution is -2.40. The number of nitrogens with zero attached hydrogens (tertiary/aromatic N) is 3. The van der Waals surface area contributed by atoms with Crippen molar-refractivity contribution in [2.24, 2.45) is 0 Å². The molecule has 1 N–H and O–H groups in total. The number of benzene rings is 1. The van der Waals surface area contributed by atoms with Crippen LogP contribution in [-0.2, 0) is 9.59 Å². The zero-order valence-corrected chi connectivity index (χ0v) is 16.4. The maximum atomic E-state index is 12.1. The van der Waals surface area contributed by atoms with Crippen LogP contribution >= 0.6 is 23.2 Å². The van der Waals surface area contributed by atoms with E-state index < -0.39 is 12.1 Å². The summed E-state index contributed by atoms with van der Waals surface area (Å²) in [5, 5.41) is 9.57.